The first-order valence-corrected chi connectivity index (χ1v) is 7.56. The van der Waals surface area contributed by atoms with Crippen LogP contribution in [0.2, 0.25) is 0 Å². The van der Waals surface area contributed by atoms with Crippen molar-refractivity contribution in [3.05, 3.63) is 24.2 Å². The number of piperidine rings is 1. The van der Waals surface area contributed by atoms with Gasteiger partial charge in [-0.1, -0.05) is 0 Å². The first-order chi connectivity index (χ1) is 9.93. The zero-order valence-corrected chi connectivity index (χ0v) is 11.6. The van der Waals surface area contributed by atoms with Gasteiger partial charge < -0.3 is 5.32 Å². The lowest BCUT2D eigenvalue weighted by molar-refractivity contribution is 0.142. The van der Waals surface area contributed by atoms with Crippen molar-refractivity contribution in [3.63, 3.8) is 0 Å². The number of hydrogen-bond donors (Lipinski definition) is 1. The molecule has 0 aliphatic carbocycles. The lowest BCUT2D eigenvalue weighted by Gasteiger charge is -2.34. The summed E-state index contributed by atoms with van der Waals surface area (Å²) in [5, 5.41) is 16.5. The van der Waals surface area contributed by atoms with Gasteiger partial charge in [0.1, 0.15) is 0 Å². The summed E-state index contributed by atoms with van der Waals surface area (Å²) in [7, 11) is 0. The molecule has 4 rings (SSSR count). The fourth-order valence-corrected chi connectivity index (χ4v) is 3.61. The highest BCUT2D eigenvalue weighted by molar-refractivity contribution is 5.35. The average molecular weight is 272 g/mol. The molecule has 0 spiro atoms. The van der Waals surface area contributed by atoms with Crippen molar-refractivity contribution in [2.24, 2.45) is 0 Å². The van der Waals surface area contributed by atoms with Gasteiger partial charge in [0, 0.05) is 12.2 Å². The first kappa shape index (κ1) is 12.2. The third-order valence-corrected chi connectivity index (χ3v) is 4.57. The molecular weight excluding hydrogens is 252 g/mol. The van der Waals surface area contributed by atoms with Gasteiger partial charge in [0.15, 0.2) is 11.5 Å². The Morgan fingerprint density at radius 3 is 2.95 bits per heavy atom. The van der Waals surface area contributed by atoms with Crippen LogP contribution in [0.4, 0.5) is 0 Å². The van der Waals surface area contributed by atoms with E-state index in [0.29, 0.717) is 12.1 Å². The summed E-state index contributed by atoms with van der Waals surface area (Å²) in [6.07, 6.45) is 6.70. The van der Waals surface area contributed by atoms with Gasteiger partial charge in [0.2, 0.25) is 0 Å². The zero-order valence-electron chi connectivity index (χ0n) is 11.6. The zero-order chi connectivity index (χ0) is 13.4. The van der Waals surface area contributed by atoms with Crippen molar-refractivity contribution in [1.82, 2.24) is 30.0 Å². The smallest absolute Gasteiger partial charge is 0.177 e. The van der Waals surface area contributed by atoms with Gasteiger partial charge in [-0.15, -0.1) is 10.2 Å². The molecule has 2 saturated heterocycles. The predicted molar refractivity (Wildman–Crippen MR) is 75.4 cm³/mol. The molecule has 20 heavy (non-hydrogen) atoms. The number of rotatable bonds is 2. The third kappa shape index (κ3) is 1.99. The van der Waals surface area contributed by atoms with Crippen LogP contribution in [0.15, 0.2) is 18.3 Å². The van der Waals surface area contributed by atoms with Gasteiger partial charge in [0.05, 0.1) is 6.04 Å². The molecule has 0 saturated carbocycles. The first-order valence-electron chi connectivity index (χ1n) is 7.56. The van der Waals surface area contributed by atoms with E-state index < -0.39 is 0 Å². The molecule has 4 heterocycles. The van der Waals surface area contributed by atoms with E-state index in [4.69, 9.17) is 0 Å². The van der Waals surface area contributed by atoms with Gasteiger partial charge in [-0.3, -0.25) is 4.90 Å². The Balaban J connectivity index is 1.66. The Labute approximate surface area is 118 Å². The normalized spacial score (nSPS) is 25.5. The van der Waals surface area contributed by atoms with Crippen LogP contribution in [0.25, 0.3) is 5.65 Å². The largest absolute Gasteiger partial charge is 0.317 e. The summed E-state index contributed by atoms with van der Waals surface area (Å²) in [5.74, 6) is 1.01. The number of likely N-dealkylation sites (tertiary alicyclic amines) is 1. The van der Waals surface area contributed by atoms with Crippen molar-refractivity contribution < 1.29 is 0 Å². The highest BCUT2D eigenvalue weighted by atomic mass is 15.4. The fourth-order valence-electron chi connectivity index (χ4n) is 3.61. The average Bonchev–Trinajstić information content (AvgIpc) is 3.14. The molecule has 2 aliphatic rings. The maximum absolute atomic E-state index is 4.42. The summed E-state index contributed by atoms with van der Waals surface area (Å²) in [6, 6.07) is 4.93. The molecule has 0 aromatic carbocycles. The number of nitrogens with zero attached hydrogens (tertiary/aromatic N) is 5. The molecular formula is C14H20N6. The Bertz CT molecular complexity index is 588. The van der Waals surface area contributed by atoms with E-state index in [0.717, 1.165) is 24.6 Å². The Morgan fingerprint density at radius 2 is 2.05 bits per heavy atom. The molecule has 2 aliphatic heterocycles. The van der Waals surface area contributed by atoms with Crippen molar-refractivity contribution in [3.8, 4) is 0 Å². The molecule has 2 aromatic rings. The van der Waals surface area contributed by atoms with E-state index in [1.54, 1.807) is 0 Å². The molecule has 2 fully saturated rings. The molecule has 1 N–H and O–H groups in total. The minimum Gasteiger partial charge on any atom is -0.317 e. The Hall–Kier alpha value is -1.53. The molecule has 106 valence electrons. The highest BCUT2D eigenvalue weighted by Crippen LogP contribution is 2.34. The van der Waals surface area contributed by atoms with Crippen LogP contribution in [-0.2, 0) is 0 Å². The van der Waals surface area contributed by atoms with Gasteiger partial charge >= 0.3 is 0 Å². The minimum absolute atomic E-state index is 0.378. The van der Waals surface area contributed by atoms with E-state index >= 15 is 0 Å². The van der Waals surface area contributed by atoms with E-state index in [-0.39, 0.29) is 0 Å². The van der Waals surface area contributed by atoms with Crippen LogP contribution in [0.3, 0.4) is 0 Å². The number of nitrogens with one attached hydrogen (secondary N) is 1. The second-order valence-electron chi connectivity index (χ2n) is 5.73. The molecule has 6 nitrogen and oxygen atoms in total. The molecule has 0 radical (unpaired) electrons. The standard InChI is InChI=1S/C14H20N6/c1-4-13-17-18-14(20(13)16-7-1)12-3-2-10-19(12)11-5-8-15-9-6-11/h1,4,7,11-12,15H,2-3,5-6,8-10H2. The molecule has 0 bridgehead atoms. The summed E-state index contributed by atoms with van der Waals surface area (Å²) in [4.78, 5) is 2.63. The molecule has 0 amide bonds. The lowest BCUT2D eigenvalue weighted by Crippen LogP contribution is -2.43. The summed E-state index contributed by atoms with van der Waals surface area (Å²) in [5.41, 5.74) is 0.847. The third-order valence-electron chi connectivity index (χ3n) is 4.57. The van der Waals surface area contributed by atoms with Crippen molar-refractivity contribution in [2.45, 2.75) is 37.8 Å². The van der Waals surface area contributed by atoms with E-state index in [9.17, 15) is 0 Å². The van der Waals surface area contributed by atoms with E-state index in [1.165, 1.54) is 32.2 Å². The number of aromatic nitrogens is 4. The Morgan fingerprint density at radius 1 is 1.15 bits per heavy atom. The number of hydrogen-bond acceptors (Lipinski definition) is 5. The van der Waals surface area contributed by atoms with Crippen molar-refractivity contribution in [1.29, 1.82) is 0 Å². The summed E-state index contributed by atoms with van der Waals surface area (Å²) in [6.45, 7) is 3.44. The van der Waals surface area contributed by atoms with Crippen LogP contribution in [0, 0.1) is 0 Å². The van der Waals surface area contributed by atoms with Gasteiger partial charge in [-0.25, -0.2) is 0 Å². The molecule has 6 heteroatoms. The van der Waals surface area contributed by atoms with Crippen LogP contribution in [0.1, 0.15) is 37.5 Å². The van der Waals surface area contributed by atoms with E-state index in [2.05, 4.69) is 25.5 Å². The fraction of sp³-hybridized carbons (Fsp3) is 0.643. The second-order valence-corrected chi connectivity index (χ2v) is 5.73. The maximum atomic E-state index is 4.42. The highest BCUT2D eigenvalue weighted by Gasteiger charge is 2.35. The molecule has 1 unspecified atom stereocenters. The summed E-state index contributed by atoms with van der Waals surface area (Å²) >= 11 is 0. The summed E-state index contributed by atoms with van der Waals surface area (Å²) < 4.78 is 1.91. The Kier molecular flexibility index (Phi) is 3.12. The van der Waals surface area contributed by atoms with Crippen molar-refractivity contribution in [2.75, 3.05) is 19.6 Å². The van der Waals surface area contributed by atoms with Crippen LogP contribution >= 0.6 is 0 Å². The second kappa shape index (κ2) is 5.10. The maximum Gasteiger partial charge on any atom is 0.177 e. The molecule has 1 atom stereocenters. The predicted octanol–water partition coefficient (Wildman–Crippen LogP) is 1.01. The SMILES string of the molecule is c1cnn2c(C3CCCN3C3CCNCC3)nnc2c1. The lowest BCUT2D eigenvalue weighted by atomic mass is 10.0. The van der Waals surface area contributed by atoms with Crippen molar-refractivity contribution >= 4 is 5.65 Å². The minimum atomic E-state index is 0.378. The van der Waals surface area contributed by atoms with Gasteiger partial charge in [-0.2, -0.15) is 9.61 Å². The van der Waals surface area contributed by atoms with Crippen LogP contribution in [-0.4, -0.2) is 50.4 Å². The van der Waals surface area contributed by atoms with Gasteiger partial charge in [0.25, 0.3) is 0 Å². The van der Waals surface area contributed by atoms with Gasteiger partial charge in [-0.05, 0) is 57.5 Å². The van der Waals surface area contributed by atoms with E-state index in [1.807, 2.05) is 22.8 Å². The monoisotopic (exact) mass is 272 g/mol. The van der Waals surface area contributed by atoms with Crippen LogP contribution in [0.5, 0.6) is 0 Å². The quantitative estimate of drug-likeness (QED) is 0.884. The van der Waals surface area contributed by atoms with Crippen LogP contribution < -0.4 is 5.32 Å². The number of fused-ring (bicyclic) bond motifs is 1. The topological polar surface area (TPSA) is 58.4 Å². The molecule has 2 aromatic heterocycles.